The molecule has 0 bridgehead atoms. The van der Waals surface area contributed by atoms with Gasteiger partial charge in [-0.05, 0) is 24.5 Å². The third-order valence-corrected chi connectivity index (χ3v) is 4.66. The van der Waals surface area contributed by atoms with Crippen molar-refractivity contribution >= 4 is 22.7 Å². The Morgan fingerprint density at radius 2 is 1.96 bits per heavy atom. The van der Waals surface area contributed by atoms with Crippen LogP contribution < -0.4 is 11.1 Å². The number of benzene rings is 1. The van der Waals surface area contributed by atoms with Crippen LogP contribution >= 0.6 is 0 Å². The molecule has 2 amide bonds. The molecule has 2 aromatic rings. The van der Waals surface area contributed by atoms with Crippen molar-refractivity contribution < 1.29 is 14.3 Å². The minimum atomic E-state index is -0.703. The second-order valence-electron chi connectivity index (χ2n) is 6.20. The van der Waals surface area contributed by atoms with Crippen molar-refractivity contribution in [2.24, 2.45) is 11.1 Å². The van der Waals surface area contributed by atoms with Gasteiger partial charge < -0.3 is 15.8 Å². The topological polar surface area (TPSA) is 94.3 Å². The molecule has 3 N–H and O–H groups in total. The minimum absolute atomic E-state index is 0.139. The normalized spacial score (nSPS) is 16.7. The number of para-hydroxylation sites is 1. The quantitative estimate of drug-likeness (QED) is 0.862. The van der Waals surface area contributed by atoms with Crippen LogP contribution in [-0.4, -0.2) is 36.6 Å². The summed E-state index contributed by atoms with van der Waals surface area (Å²) in [5, 5.41) is 3.87. The van der Waals surface area contributed by atoms with Gasteiger partial charge in [0.15, 0.2) is 0 Å². The number of amides is 2. The Morgan fingerprint density at radius 1 is 1.21 bits per heavy atom. The third-order valence-electron chi connectivity index (χ3n) is 4.66. The van der Waals surface area contributed by atoms with Crippen LogP contribution in [0.5, 0.6) is 0 Å². The van der Waals surface area contributed by atoms with Crippen molar-refractivity contribution in [3.63, 3.8) is 0 Å². The molecule has 24 heavy (non-hydrogen) atoms. The fourth-order valence-corrected chi connectivity index (χ4v) is 3.09. The molecule has 1 aromatic carbocycles. The minimum Gasteiger partial charge on any atom is -0.381 e. The highest BCUT2D eigenvalue weighted by Crippen LogP contribution is 2.29. The first-order chi connectivity index (χ1) is 11.6. The number of aromatic nitrogens is 1. The van der Waals surface area contributed by atoms with Gasteiger partial charge in [-0.2, -0.15) is 0 Å². The molecule has 6 nitrogen and oxygen atoms in total. The van der Waals surface area contributed by atoms with E-state index in [9.17, 15) is 9.59 Å². The maximum atomic E-state index is 12.3. The Bertz CT molecular complexity index is 749. The highest BCUT2D eigenvalue weighted by Gasteiger charge is 2.38. The second kappa shape index (κ2) is 6.97. The molecule has 1 fully saturated rings. The van der Waals surface area contributed by atoms with Gasteiger partial charge in [0, 0.05) is 31.3 Å². The number of fused-ring (bicyclic) bond motifs is 1. The Balaban J connectivity index is 1.68. The van der Waals surface area contributed by atoms with Gasteiger partial charge in [0.25, 0.3) is 0 Å². The molecule has 126 valence electrons. The zero-order valence-electron chi connectivity index (χ0n) is 13.5. The molecule has 0 unspecified atom stereocenters. The van der Waals surface area contributed by atoms with Gasteiger partial charge in [-0.1, -0.05) is 24.3 Å². The summed E-state index contributed by atoms with van der Waals surface area (Å²) >= 11 is 0. The highest BCUT2D eigenvalue weighted by atomic mass is 16.5. The van der Waals surface area contributed by atoms with Crippen molar-refractivity contribution in [1.29, 1.82) is 0 Å². The summed E-state index contributed by atoms with van der Waals surface area (Å²) in [5.74, 6) is -0.516. The lowest BCUT2D eigenvalue weighted by atomic mass is 9.79. The largest absolute Gasteiger partial charge is 0.381 e. The molecule has 1 aliphatic heterocycles. The van der Waals surface area contributed by atoms with Crippen LogP contribution in [0.3, 0.4) is 0 Å². The van der Waals surface area contributed by atoms with Gasteiger partial charge in [0.1, 0.15) is 0 Å². The Labute approximate surface area is 140 Å². The first-order valence-electron chi connectivity index (χ1n) is 8.08. The number of ether oxygens (including phenoxy) is 1. The number of carbonyl (C=O) groups excluding carboxylic acids is 2. The van der Waals surface area contributed by atoms with E-state index in [-0.39, 0.29) is 24.8 Å². The van der Waals surface area contributed by atoms with E-state index < -0.39 is 5.41 Å². The average molecular weight is 327 g/mol. The summed E-state index contributed by atoms with van der Waals surface area (Å²) in [7, 11) is 0. The molecule has 0 atom stereocenters. The molecule has 0 radical (unpaired) electrons. The zero-order chi connectivity index (χ0) is 17.0. The number of nitrogens with zero attached hydrogens (tertiary/aromatic N) is 1. The molecule has 1 aliphatic rings. The van der Waals surface area contributed by atoms with Crippen molar-refractivity contribution in [2.75, 3.05) is 19.8 Å². The van der Waals surface area contributed by atoms with E-state index in [0.29, 0.717) is 26.1 Å². The molecule has 6 heteroatoms. The summed E-state index contributed by atoms with van der Waals surface area (Å²) in [6, 6.07) is 9.61. The summed E-state index contributed by atoms with van der Waals surface area (Å²) < 4.78 is 5.30. The average Bonchev–Trinajstić information content (AvgIpc) is 2.61. The number of rotatable bonds is 5. The number of nitrogens with one attached hydrogen (secondary N) is 1. The first-order valence-corrected chi connectivity index (χ1v) is 8.08. The standard InChI is InChI=1S/C18H21N3O3/c19-17(23)18(6-9-24-10-7-18)12-21-15(22)11-14-4-1-3-13-5-2-8-20-16(13)14/h1-5,8H,6-7,9-12H2,(H2,19,23)(H,21,22). The second-order valence-corrected chi connectivity index (χ2v) is 6.20. The summed E-state index contributed by atoms with van der Waals surface area (Å²) in [5.41, 5.74) is 6.55. The van der Waals surface area contributed by atoms with E-state index in [1.165, 1.54) is 0 Å². The fourth-order valence-electron chi connectivity index (χ4n) is 3.09. The lowest BCUT2D eigenvalue weighted by Crippen LogP contribution is -2.49. The predicted octanol–water partition coefficient (Wildman–Crippen LogP) is 1.18. The molecular weight excluding hydrogens is 306 g/mol. The van der Waals surface area contributed by atoms with Crippen LogP contribution in [0.1, 0.15) is 18.4 Å². The first kappa shape index (κ1) is 16.4. The van der Waals surface area contributed by atoms with Gasteiger partial charge >= 0.3 is 0 Å². The lowest BCUT2D eigenvalue weighted by Gasteiger charge is -2.34. The SMILES string of the molecule is NC(=O)C1(CNC(=O)Cc2cccc3cccnc23)CCOCC1. The maximum absolute atomic E-state index is 12.3. The van der Waals surface area contributed by atoms with Gasteiger partial charge in [0.2, 0.25) is 11.8 Å². The zero-order valence-corrected chi connectivity index (χ0v) is 13.5. The number of nitrogens with two attached hydrogens (primary N) is 1. The lowest BCUT2D eigenvalue weighted by molar-refractivity contribution is -0.133. The smallest absolute Gasteiger partial charge is 0.225 e. The molecule has 0 saturated carbocycles. The number of carbonyl (C=O) groups is 2. The number of hydrogen-bond donors (Lipinski definition) is 2. The molecular formula is C18H21N3O3. The molecule has 3 rings (SSSR count). The van der Waals surface area contributed by atoms with Gasteiger partial charge in [0.05, 0.1) is 17.4 Å². The van der Waals surface area contributed by atoms with Crippen molar-refractivity contribution in [3.8, 4) is 0 Å². The van der Waals surface area contributed by atoms with E-state index in [4.69, 9.17) is 10.5 Å². The van der Waals surface area contributed by atoms with Crippen LogP contribution in [0.25, 0.3) is 10.9 Å². The van der Waals surface area contributed by atoms with E-state index in [1.54, 1.807) is 6.20 Å². The van der Waals surface area contributed by atoms with Crippen LogP contribution in [0.15, 0.2) is 36.5 Å². The number of pyridine rings is 1. The molecule has 1 saturated heterocycles. The van der Waals surface area contributed by atoms with Gasteiger partial charge in [-0.15, -0.1) is 0 Å². The van der Waals surface area contributed by atoms with Crippen molar-refractivity contribution in [2.45, 2.75) is 19.3 Å². The van der Waals surface area contributed by atoms with E-state index >= 15 is 0 Å². The number of primary amides is 1. The summed E-state index contributed by atoms with van der Waals surface area (Å²) in [6.07, 6.45) is 3.02. The molecule has 0 spiro atoms. The summed E-state index contributed by atoms with van der Waals surface area (Å²) in [4.78, 5) is 28.5. The molecule has 2 heterocycles. The summed E-state index contributed by atoms with van der Waals surface area (Å²) in [6.45, 7) is 1.24. The van der Waals surface area contributed by atoms with Crippen LogP contribution in [-0.2, 0) is 20.7 Å². The van der Waals surface area contributed by atoms with E-state index in [0.717, 1.165) is 16.5 Å². The Kier molecular flexibility index (Phi) is 4.76. The number of hydrogen-bond acceptors (Lipinski definition) is 4. The molecule has 0 aliphatic carbocycles. The monoisotopic (exact) mass is 327 g/mol. The highest BCUT2D eigenvalue weighted by molar-refractivity contribution is 5.88. The van der Waals surface area contributed by atoms with Gasteiger partial charge in [-0.25, -0.2) is 0 Å². The van der Waals surface area contributed by atoms with Gasteiger partial charge in [-0.3, -0.25) is 14.6 Å². The fraction of sp³-hybridized carbons (Fsp3) is 0.389. The third kappa shape index (κ3) is 3.38. The predicted molar refractivity (Wildman–Crippen MR) is 90.1 cm³/mol. The molecule has 1 aromatic heterocycles. The van der Waals surface area contributed by atoms with Crippen LogP contribution in [0.4, 0.5) is 0 Å². The van der Waals surface area contributed by atoms with Crippen LogP contribution in [0, 0.1) is 5.41 Å². The maximum Gasteiger partial charge on any atom is 0.225 e. The van der Waals surface area contributed by atoms with Crippen molar-refractivity contribution in [3.05, 3.63) is 42.1 Å². The Hall–Kier alpha value is -2.47. The Morgan fingerprint density at radius 3 is 2.71 bits per heavy atom. The van der Waals surface area contributed by atoms with E-state index in [2.05, 4.69) is 10.3 Å². The van der Waals surface area contributed by atoms with Crippen molar-refractivity contribution in [1.82, 2.24) is 10.3 Å². The van der Waals surface area contributed by atoms with Crippen LogP contribution in [0.2, 0.25) is 0 Å². The van der Waals surface area contributed by atoms with E-state index in [1.807, 2.05) is 30.3 Å².